The van der Waals surface area contributed by atoms with Gasteiger partial charge >= 0.3 is 5.97 Å². The number of rotatable bonds is 3. The molecule has 8 heteroatoms. The monoisotopic (exact) mass is 312 g/mol. The first kappa shape index (κ1) is 15.2. The fourth-order valence-electron chi connectivity index (χ4n) is 2.39. The highest BCUT2D eigenvalue weighted by Gasteiger charge is 2.32. The van der Waals surface area contributed by atoms with E-state index in [1.54, 1.807) is 0 Å². The Hall–Kier alpha value is -2.15. The number of carbonyl (C=O) groups is 2. The lowest BCUT2D eigenvalue weighted by molar-refractivity contribution is -0.384. The number of halogens is 1. The molecule has 1 N–H and O–H groups in total. The predicted molar refractivity (Wildman–Crippen MR) is 74.4 cm³/mol. The number of likely N-dealkylation sites (tertiary alicyclic amines) is 1. The number of piperidine rings is 1. The first-order valence-electron chi connectivity index (χ1n) is 6.39. The summed E-state index contributed by atoms with van der Waals surface area (Å²) in [5.74, 6) is -1.52. The van der Waals surface area contributed by atoms with Gasteiger partial charge in [0, 0.05) is 18.2 Å². The summed E-state index contributed by atoms with van der Waals surface area (Å²) >= 11 is 5.78. The maximum absolute atomic E-state index is 12.4. The molecule has 0 aliphatic carbocycles. The molecule has 1 aromatic carbocycles. The summed E-state index contributed by atoms with van der Waals surface area (Å²) in [6.45, 7) is 0.352. The molecule has 0 unspecified atom stereocenters. The van der Waals surface area contributed by atoms with Crippen molar-refractivity contribution in [3.63, 3.8) is 0 Å². The van der Waals surface area contributed by atoms with Crippen molar-refractivity contribution >= 4 is 29.2 Å². The van der Waals surface area contributed by atoms with Gasteiger partial charge < -0.3 is 10.0 Å². The zero-order chi connectivity index (χ0) is 15.6. The van der Waals surface area contributed by atoms with Crippen LogP contribution in [0.4, 0.5) is 5.69 Å². The highest BCUT2D eigenvalue weighted by molar-refractivity contribution is 6.33. The topological polar surface area (TPSA) is 101 Å². The van der Waals surface area contributed by atoms with E-state index < -0.39 is 22.8 Å². The van der Waals surface area contributed by atoms with Gasteiger partial charge in [-0.15, -0.1) is 0 Å². The van der Waals surface area contributed by atoms with Crippen LogP contribution in [0.3, 0.4) is 0 Å². The minimum absolute atomic E-state index is 0.144. The number of aliphatic carboxylic acids is 1. The molecule has 0 radical (unpaired) electrons. The van der Waals surface area contributed by atoms with Crippen LogP contribution in [0.15, 0.2) is 18.2 Å². The highest BCUT2D eigenvalue weighted by Crippen LogP contribution is 2.27. The largest absolute Gasteiger partial charge is 0.480 e. The highest BCUT2D eigenvalue weighted by atomic mass is 35.5. The Kier molecular flexibility index (Phi) is 4.42. The summed E-state index contributed by atoms with van der Waals surface area (Å²) < 4.78 is 0. The average Bonchev–Trinajstić information content (AvgIpc) is 2.45. The van der Waals surface area contributed by atoms with Crippen LogP contribution in [0, 0.1) is 10.1 Å². The maximum Gasteiger partial charge on any atom is 0.326 e. The van der Waals surface area contributed by atoms with Gasteiger partial charge in [-0.05, 0) is 31.4 Å². The molecule has 0 spiro atoms. The average molecular weight is 313 g/mol. The molecule has 112 valence electrons. The Balaban J connectivity index is 2.28. The lowest BCUT2D eigenvalue weighted by Gasteiger charge is -2.33. The second-order valence-electron chi connectivity index (χ2n) is 4.77. The predicted octanol–water partition coefficient (Wildman–Crippen LogP) is 2.33. The van der Waals surface area contributed by atoms with Gasteiger partial charge in [0.1, 0.15) is 11.1 Å². The van der Waals surface area contributed by atoms with Crippen molar-refractivity contribution < 1.29 is 19.6 Å². The summed E-state index contributed by atoms with van der Waals surface area (Å²) in [6, 6.07) is 2.78. The van der Waals surface area contributed by atoms with E-state index in [-0.39, 0.29) is 16.3 Å². The molecule has 0 bridgehead atoms. The zero-order valence-electron chi connectivity index (χ0n) is 11.0. The van der Waals surface area contributed by atoms with Crippen LogP contribution in [-0.2, 0) is 4.79 Å². The number of hydrogen-bond donors (Lipinski definition) is 1. The van der Waals surface area contributed by atoms with E-state index in [1.807, 2.05) is 0 Å². The fourth-order valence-corrected chi connectivity index (χ4v) is 2.63. The van der Waals surface area contributed by atoms with Crippen molar-refractivity contribution in [2.45, 2.75) is 25.3 Å². The molecule has 7 nitrogen and oxygen atoms in total. The number of nitro benzene ring substituents is 1. The van der Waals surface area contributed by atoms with E-state index in [4.69, 9.17) is 16.7 Å². The van der Waals surface area contributed by atoms with Crippen molar-refractivity contribution in [2.75, 3.05) is 6.54 Å². The molecule has 1 aliphatic rings. The van der Waals surface area contributed by atoms with Crippen LogP contribution >= 0.6 is 11.6 Å². The molecule has 1 saturated heterocycles. The third-order valence-corrected chi connectivity index (χ3v) is 3.74. The van der Waals surface area contributed by atoms with Crippen LogP contribution in [0.2, 0.25) is 5.02 Å². The van der Waals surface area contributed by atoms with Crippen molar-refractivity contribution in [2.24, 2.45) is 0 Å². The second-order valence-corrected chi connectivity index (χ2v) is 5.18. The molecule has 0 saturated carbocycles. The number of carboxylic acids is 1. The molecular weight excluding hydrogens is 300 g/mol. The van der Waals surface area contributed by atoms with E-state index in [0.29, 0.717) is 13.0 Å². The van der Waals surface area contributed by atoms with Crippen LogP contribution in [-0.4, -0.2) is 39.4 Å². The number of carbonyl (C=O) groups excluding carboxylic acids is 1. The summed E-state index contributed by atoms with van der Waals surface area (Å²) in [4.78, 5) is 34.9. The standard InChI is InChI=1S/C13H13ClN2O5/c14-9-7-8(4-5-10(9)16(20)21)12(17)15-6-2-1-3-11(15)13(18)19/h4-5,7,11H,1-3,6H2,(H,18,19)/t11-/m0/s1. The van der Waals surface area contributed by atoms with Crippen molar-refractivity contribution in [1.82, 2.24) is 4.90 Å². The Bertz CT molecular complexity index is 604. The van der Waals surface area contributed by atoms with Crippen LogP contribution < -0.4 is 0 Å². The normalized spacial score (nSPS) is 18.3. The quantitative estimate of drug-likeness (QED) is 0.682. The summed E-state index contributed by atoms with van der Waals surface area (Å²) in [5.41, 5.74) is -0.139. The van der Waals surface area contributed by atoms with Crippen LogP contribution in [0.1, 0.15) is 29.6 Å². The summed E-state index contributed by atoms with van der Waals surface area (Å²) in [7, 11) is 0. The fraction of sp³-hybridized carbons (Fsp3) is 0.385. The Morgan fingerprint density at radius 2 is 2.10 bits per heavy atom. The van der Waals surface area contributed by atoms with Crippen LogP contribution in [0.25, 0.3) is 0 Å². The third-order valence-electron chi connectivity index (χ3n) is 3.44. The van der Waals surface area contributed by atoms with Gasteiger partial charge in [0.15, 0.2) is 0 Å². The van der Waals surface area contributed by atoms with Gasteiger partial charge in [-0.1, -0.05) is 11.6 Å². The maximum atomic E-state index is 12.4. The van der Waals surface area contributed by atoms with Gasteiger partial charge in [0.2, 0.25) is 0 Å². The van der Waals surface area contributed by atoms with Gasteiger partial charge in [0.05, 0.1) is 4.92 Å². The minimum atomic E-state index is -1.05. The number of amides is 1. The number of nitro groups is 1. The SMILES string of the molecule is O=C(O)[C@@H]1CCCCN1C(=O)c1ccc([N+](=O)[O-])c(Cl)c1. The third kappa shape index (κ3) is 3.13. The first-order chi connectivity index (χ1) is 9.91. The van der Waals surface area contributed by atoms with Crippen molar-refractivity contribution in [3.8, 4) is 0 Å². The number of benzene rings is 1. The molecule has 2 rings (SSSR count). The van der Waals surface area contributed by atoms with E-state index in [1.165, 1.54) is 17.0 Å². The second kappa shape index (κ2) is 6.09. The van der Waals surface area contributed by atoms with Crippen molar-refractivity contribution in [3.05, 3.63) is 38.9 Å². The van der Waals surface area contributed by atoms with Gasteiger partial charge in [-0.25, -0.2) is 4.79 Å². The Morgan fingerprint density at radius 1 is 1.38 bits per heavy atom. The molecule has 1 atom stereocenters. The van der Waals surface area contributed by atoms with E-state index in [9.17, 15) is 19.7 Å². The minimum Gasteiger partial charge on any atom is -0.480 e. The lowest BCUT2D eigenvalue weighted by atomic mass is 10.0. The van der Waals surface area contributed by atoms with Gasteiger partial charge in [-0.3, -0.25) is 14.9 Å². The molecule has 1 aliphatic heterocycles. The van der Waals surface area contributed by atoms with Gasteiger partial charge in [0.25, 0.3) is 11.6 Å². The number of hydrogen-bond acceptors (Lipinski definition) is 4. The molecule has 1 fully saturated rings. The van der Waals surface area contributed by atoms with E-state index in [2.05, 4.69) is 0 Å². The Labute approximate surface area is 125 Å². The zero-order valence-corrected chi connectivity index (χ0v) is 11.7. The molecule has 1 amide bonds. The molecule has 1 heterocycles. The Morgan fingerprint density at radius 3 is 2.67 bits per heavy atom. The number of carboxylic acid groups (broad SMARTS) is 1. The molecular formula is C13H13ClN2O5. The molecule has 0 aromatic heterocycles. The number of nitrogens with zero attached hydrogens (tertiary/aromatic N) is 2. The first-order valence-corrected chi connectivity index (χ1v) is 6.77. The van der Waals surface area contributed by atoms with Crippen LogP contribution in [0.5, 0.6) is 0 Å². The molecule has 21 heavy (non-hydrogen) atoms. The summed E-state index contributed by atoms with van der Waals surface area (Å²) in [5, 5.41) is 19.7. The van der Waals surface area contributed by atoms with E-state index in [0.717, 1.165) is 18.9 Å². The van der Waals surface area contributed by atoms with Crippen molar-refractivity contribution in [1.29, 1.82) is 0 Å². The van der Waals surface area contributed by atoms with E-state index >= 15 is 0 Å². The lowest BCUT2D eigenvalue weighted by Crippen LogP contribution is -2.47. The molecule has 1 aromatic rings. The summed E-state index contributed by atoms with van der Waals surface area (Å²) in [6.07, 6.45) is 1.89. The van der Waals surface area contributed by atoms with Gasteiger partial charge in [-0.2, -0.15) is 0 Å². The smallest absolute Gasteiger partial charge is 0.326 e.